The summed E-state index contributed by atoms with van der Waals surface area (Å²) in [5.41, 5.74) is 1.67. The lowest BCUT2D eigenvalue weighted by atomic mass is 10.1. The second-order valence-electron chi connectivity index (χ2n) is 5.00. The smallest absolute Gasteiger partial charge is 0.256 e. The summed E-state index contributed by atoms with van der Waals surface area (Å²) in [5, 5.41) is 1.08. The van der Waals surface area contributed by atoms with Gasteiger partial charge in [0, 0.05) is 31.8 Å². The van der Waals surface area contributed by atoms with Crippen LogP contribution in [0.4, 0.5) is 0 Å². The first-order valence-corrected chi connectivity index (χ1v) is 6.68. The highest BCUT2D eigenvalue weighted by atomic mass is 16.5. The highest BCUT2D eigenvalue weighted by Gasteiger charge is 2.25. The van der Waals surface area contributed by atoms with Crippen LogP contribution in [0.3, 0.4) is 0 Å². The van der Waals surface area contributed by atoms with Gasteiger partial charge < -0.3 is 14.6 Å². The van der Waals surface area contributed by atoms with Crippen molar-refractivity contribution in [2.75, 3.05) is 20.2 Å². The molecule has 4 nitrogen and oxygen atoms in total. The van der Waals surface area contributed by atoms with Crippen LogP contribution < -0.4 is 0 Å². The molecule has 0 saturated carbocycles. The number of carbonyl (C=O) groups is 1. The highest BCUT2D eigenvalue weighted by Crippen LogP contribution is 2.21. The minimum absolute atomic E-state index is 0.0924. The average Bonchev–Trinajstić information content (AvgIpc) is 2.95. The lowest BCUT2D eigenvalue weighted by molar-refractivity contribution is 0.0270. The Morgan fingerprint density at radius 2 is 2.32 bits per heavy atom. The number of aromatic amines is 1. The number of amides is 1. The van der Waals surface area contributed by atoms with Crippen molar-refractivity contribution < 1.29 is 9.53 Å². The zero-order valence-electron chi connectivity index (χ0n) is 11.1. The van der Waals surface area contributed by atoms with Gasteiger partial charge in [-0.05, 0) is 25.0 Å². The summed E-state index contributed by atoms with van der Waals surface area (Å²) in [5.74, 6) is 0.0924. The van der Waals surface area contributed by atoms with Crippen molar-refractivity contribution in [3.05, 3.63) is 36.0 Å². The molecule has 2 heterocycles. The molecule has 0 spiro atoms. The summed E-state index contributed by atoms with van der Waals surface area (Å²) >= 11 is 0. The van der Waals surface area contributed by atoms with E-state index in [1.807, 2.05) is 35.4 Å². The summed E-state index contributed by atoms with van der Waals surface area (Å²) in [6.45, 7) is 1.50. The molecule has 0 radical (unpaired) electrons. The molecule has 4 heteroatoms. The molecule has 100 valence electrons. The minimum Gasteiger partial charge on any atom is -0.380 e. The molecule has 1 saturated heterocycles. The summed E-state index contributed by atoms with van der Waals surface area (Å²) in [7, 11) is 1.71. The third kappa shape index (κ3) is 2.24. The van der Waals surface area contributed by atoms with Gasteiger partial charge in [-0.1, -0.05) is 12.1 Å². The van der Waals surface area contributed by atoms with Gasteiger partial charge in [0.25, 0.3) is 5.91 Å². The first-order valence-electron chi connectivity index (χ1n) is 6.68. The van der Waals surface area contributed by atoms with Gasteiger partial charge in [-0.15, -0.1) is 0 Å². The average molecular weight is 258 g/mol. The number of carbonyl (C=O) groups excluding carboxylic acids is 1. The predicted molar refractivity (Wildman–Crippen MR) is 74.2 cm³/mol. The topological polar surface area (TPSA) is 45.3 Å². The number of ether oxygens (including phenoxy) is 1. The van der Waals surface area contributed by atoms with E-state index in [9.17, 15) is 4.79 Å². The SMILES string of the molecule is COC1CCCN(C(=O)c2cccc3cc[nH]c23)C1. The van der Waals surface area contributed by atoms with E-state index in [1.54, 1.807) is 7.11 Å². The van der Waals surface area contributed by atoms with Crippen molar-refractivity contribution in [1.29, 1.82) is 0 Å². The fourth-order valence-corrected chi connectivity index (χ4v) is 2.75. The second-order valence-corrected chi connectivity index (χ2v) is 5.00. The summed E-state index contributed by atoms with van der Waals surface area (Å²) < 4.78 is 5.38. The Morgan fingerprint density at radius 3 is 3.16 bits per heavy atom. The molecule has 1 aromatic heterocycles. The van der Waals surface area contributed by atoms with Crippen LogP contribution in [0.25, 0.3) is 10.9 Å². The Balaban J connectivity index is 1.89. The first kappa shape index (κ1) is 12.2. The largest absolute Gasteiger partial charge is 0.380 e. The quantitative estimate of drug-likeness (QED) is 0.899. The molecular formula is C15H18N2O2. The third-order valence-corrected chi connectivity index (χ3v) is 3.82. The number of nitrogens with zero attached hydrogens (tertiary/aromatic N) is 1. The van der Waals surface area contributed by atoms with Gasteiger partial charge in [-0.2, -0.15) is 0 Å². The molecule has 1 fully saturated rings. The molecule has 0 bridgehead atoms. The van der Waals surface area contributed by atoms with E-state index in [4.69, 9.17) is 4.74 Å². The summed E-state index contributed by atoms with van der Waals surface area (Å²) in [4.78, 5) is 17.7. The molecule has 2 aromatic rings. The zero-order chi connectivity index (χ0) is 13.2. The standard InChI is InChI=1S/C15H18N2O2/c1-19-12-5-3-9-17(10-12)15(18)13-6-2-4-11-7-8-16-14(11)13/h2,4,6-8,12,16H,3,5,9-10H2,1H3. The van der Waals surface area contributed by atoms with E-state index in [2.05, 4.69) is 4.98 Å². The van der Waals surface area contributed by atoms with Gasteiger partial charge in [0.1, 0.15) is 0 Å². The van der Waals surface area contributed by atoms with E-state index >= 15 is 0 Å². The van der Waals surface area contributed by atoms with Gasteiger partial charge in [0.15, 0.2) is 0 Å². The molecule has 0 aliphatic carbocycles. The molecule has 1 N–H and O–H groups in total. The van der Waals surface area contributed by atoms with Crippen LogP contribution in [-0.4, -0.2) is 42.1 Å². The van der Waals surface area contributed by atoms with Crippen LogP contribution in [0.1, 0.15) is 23.2 Å². The number of piperidine rings is 1. The van der Waals surface area contributed by atoms with Crippen molar-refractivity contribution in [2.24, 2.45) is 0 Å². The fourth-order valence-electron chi connectivity index (χ4n) is 2.75. The van der Waals surface area contributed by atoms with Crippen molar-refractivity contribution in [2.45, 2.75) is 18.9 Å². The van der Waals surface area contributed by atoms with Gasteiger partial charge in [-0.25, -0.2) is 0 Å². The molecule has 1 aromatic carbocycles. The van der Waals surface area contributed by atoms with Crippen molar-refractivity contribution in [3.8, 4) is 0 Å². The van der Waals surface area contributed by atoms with E-state index in [1.165, 1.54) is 0 Å². The summed E-state index contributed by atoms with van der Waals surface area (Å²) in [6.07, 6.45) is 4.08. The molecule has 1 aliphatic heterocycles. The zero-order valence-corrected chi connectivity index (χ0v) is 11.1. The van der Waals surface area contributed by atoms with Crippen LogP contribution in [0.5, 0.6) is 0 Å². The summed E-state index contributed by atoms with van der Waals surface area (Å²) in [6, 6.07) is 7.82. The molecule has 1 atom stereocenters. The van der Waals surface area contributed by atoms with Crippen LogP contribution in [-0.2, 0) is 4.74 Å². The molecule has 19 heavy (non-hydrogen) atoms. The van der Waals surface area contributed by atoms with Gasteiger partial charge in [0.2, 0.25) is 0 Å². The van der Waals surface area contributed by atoms with Crippen molar-refractivity contribution in [3.63, 3.8) is 0 Å². The van der Waals surface area contributed by atoms with Crippen molar-refractivity contribution in [1.82, 2.24) is 9.88 Å². The number of hydrogen-bond acceptors (Lipinski definition) is 2. The molecule has 1 amide bonds. The van der Waals surface area contributed by atoms with E-state index in [0.29, 0.717) is 6.54 Å². The third-order valence-electron chi connectivity index (χ3n) is 3.82. The van der Waals surface area contributed by atoms with E-state index in [-0.39, 0.29) is 12.0 Å². The Bertz CT molecular complexity index is 591. The van der Waals surface area contributed by atoms with E-state index < -0.39 is 0 Å². The Labute approximate surface area is 112 Å². The molecular weight excluding hydrogens is 240 g/mol. The monoisotopic (exact) mass is 258 g/mol. The van der Waals surface area contributed by atoms with E-state index in [0.717, 1.165) is 35.9 Å². The normalized spacial score (nSPS) is 19.8. The number of H-pyrrole nitrogens is 1. The number of fused-ring (bicyclic) bond motifs is 1. The highest BCUT2D eigenvalue weighted by molar-refractivity contribution is 6.05. The molecule has 3 rings (SSSR count). The fraction of sp³-hybridized carbons (Fsp3) is 0.400. The number of hydrogen-bond donors (Lipinski definition) is 1. The van der Waals surface area contributed by atoms with Crippen LogP contribution >= 0.6 is 0 Å². The lowest BCUT2D eigenvalue weighted by Gasteiger charge is -2.32. The van der Waals surface area contributed by atoms with Crippen LogP contribution in [0.15, 0.2) is 30.5 Å². The number of rotatable bonds is 2. The maximum Gasteiger partial charge on any atom is 0.256 e. The number of para-hydroxylation sites is 1. The number of likely N-dealkylation sites (tertiary alicyclic amines) is 1. The Morgan fingerprint density at radius 1 is 1.42 bits per heavy atom. The van der Waals surface area contributed by atoms with Crippen molar-refractivity contribution >= 4 is 16.8 Å². The maximum atomic E-state index is 12.6. The second kappa shape index (κ2) is 5.05. The molecule has 1 unspecified atom stereocenters. The predicted octanol–water partition coefficient (Wildman–Crippen LogP) is 2.42. The maximum absolute atomic E-state index is 12.6. The Kier molecular flexibility index (Phi) is 3.25. The number of methoxy groups -OCH3 is 1. The number of nitrogens with one attached hydrogen (secondary N) is 1. The van der Waals surface area contributed by atoms with Crippen LogP contribution in [0, 0.1) is 0 Å². The van der Waals surface area contributed by atoms with Gasteiger partial charge >= 0.3 is 0 Å². The first-order chi connectivity index (χ1) is 9.29. The molecule has 1 aliphatic rings. The minimum atomic E-state index is 0.0924. The number of benzene rings is 1. The van der Waals surface area contributed by atoms with Gasteiger partial charge in [-0.3, -0.25) is 4.79 Å². The van der Waals surface area contributed by atoms with Crippen LogP contribution in [0.2, 0.25) is 0 Å². The number of aromatic nitrogens is 1. The van der Waals surface area contributed by atoms with Gasteiger partial charge in [0.05, 0.1) is 17.2 Å². The Hall–Kier alpha value is -1.81. The lowest BCUT2D eigenvalue weighted by Crippen LogP contribution is -2.42.